The predicted molar refractivity (Wildman–Crippen MR) is 138 cm³/mol. The van der Waals surface area contributed by atoms with Crippen molar-refractivity contribution in [1.29, 1.82) is 0 Å². The Morgan fingerprint density at radius 3 is 2.52 bits per heavy atom. The van der Waals surface area contributed by atoms with Crippen LogP contribution in [0, 0.1) is 5.92 Å². The highest BCUT2D eigenvalue weighted by Gasteiger charge is 2.39. The quantitative estimate of drug-likeness (QED) is 0.294. The summed E-state index contributed by atoms with van der Waals surface area (Å²) in [4.78, 5) is 34.9. The van der Waals surface area contributed by atoms with Gasteiger partial charge in [-0.15, -0.1) is 11.3 Å². The van der Waals surface area contributed by atoms with Crippen molar-refractivity contribution in [2.75, 3.05) is 0 Å². The second kappa shape index (κ2) is 11.8. The Morgan fingerprint density at radius 2 is 1.88 bits per heavy atom. The van der Waals surface area contributed by atoms with Crippen LogP contribution in [0.25, 0.3) is 5.65 Å². The molecule has 0 radical (unpaired) electrons. The van der Waals surface area contributed by atoms with Crippen LogP contribution < -0.4 is 10.6 Å². The molecule has 0 aliphatic heterocycles. The molecule has 2 amide bonds. The summed E-state index contributed by atoms with van der Waals surface area (Å²) in [5, 5.41) is 9.83. The van der Waals surface area contributed by atoms with E-state index in [1.165, 1.54) is 22.0 Å². The molecule has 8 nitrogen and oxygen atoms in total. The summed E-state index contributed by atoms with van der Waals surface area (Å²) in [5.41, 5.74) is 3.23. The van der Waals surface area contributed by atoms with Gasteiger partial charge in [-0.25, -0.2) is 23.3 Å². The van der Waals surface area contributed by atoms with Crippen LogP contribution in [-0.2, 0) is 4.79 Å². The van der Waals surface area contributed by atoms with E-state index in [4.69, 9.17) is 0 Å². The second-order valence-electron chi connectivity index (χ2n) is 10.5. The van der Waals surface area contributed by atoms with Gasteiger partial charge in [-0.1, -0.05) is 13.8 Å². The first-order chi connectivity index (χ1) is 18.7. The fraction of sp³-hybridized carbons (Fsp3) is 0.577. The number of nitrogens with zero attached hydrogens (tertiary/aromatic N) is 4. The van der Waals surface area contributed by atoms with E-state index in [1.54, 1.807) is 24.7 Å². The maximum Gasteiger partial charge on any atom is 0.389 e. The number of imidazole rings is 1. The van der Waals surface area contributed by atoms with Gasteiger partial charge in [-0.2, -0.15) is 18.3 Å². The maximum absolute atomic E-state index is 13.9. The number of nitrogens with one attached hydrogen (secondary N) is 2. The third-order valence-corrected chi connectivity index (χ3v) is 8.18. The molecule has 2 atom stereocenters. The Morgan fingerprint density at radius 1 is 1.18 bits per heavy atom. The van der Waals surface area contributed by atoms with E-state index < -0.39 is 48.8 Å². The SMILES string of the molecule is CC(C)c1scnc1C(=O)N[C@H](c1cn2ncc([C@@H](C)NC(=O)CCC(F)(F)F)cc2n1)C1CCC(F)(F)CC1. The van der Waals surface area contributed by atoms with Gasteiger partial charge in [0.15, 0.2) is 5.65 Å². The van der Waals surface area contributed by atoms with E-state index in [0.717, 1.165) is 4.88 Å². The molecule has 1 fully saturated rings. The van der Waals surface area contributed by atoms with Crippen molar-refractivity contribution < 1.29 is 31.5 Å². The van der Waals surface area contributed by atoms with Gasteiger partial charge in [0.2, 0.25) is 11.8 Å². The molecule has 0 bridgehead atoms. The number of carbonyl (C=O) groups is 2. The normalized spacial score (nSPS) is 17.6. The zero-order valence-corrected chi connectivity index (χ0v) is 23.1. The molecule has 0 unspecified atom stereocenters. The molecule has 0 saturated heterocycles. The van der Waals surface area contributed by atoms with Gasteiger partial charge in [-0.3, -0.25) is 9.59 Å². The highest BCUT2D eigenvalue weighted by atomic mass is 32.1. The molecule has 1 aliphatic rings. The Hall–Kier alpha value is -3.16. The third-order valence-electron chi connectivity index (χ3n) is 7.05. The van der Waals surface area contributed by atoms with E-state index in [1.807, 2.05) is 13.8 Å². The van der Waals surface area contributed by atoms with Gasteiger partial charge >= 0.3 is 6.18 Å². The van der Waals surface area contributed by atoms with E-state index >= 15 is 0 Å². The van der Waals surface area contributed by atoms with Gasteiger partial charge in [-0.05, 0) is 43.2 Å². The number of halogens is 5. The highest BCUT2D eigenvalue weighted by molar-refractivity contribution is 7.10. The Balaban J connectivity index is 1.57. The maximum atomic E-state index is 13.9. The molecule has 1 saturated carbocycles. The van der Waals surface area contributed by atoms with Crippen molar-refractivity contribution >= 4 is 28.8 Å². The fourth-order valence-electron chi connectivity index (χ4n) is 4.82. The largest absolute Gasteiger partial charge is 0.389 e. The second-order valence-corrected chi connectivity index (χ2v) is 11.4. The average molecular weight is 587 g/mol. The summed E-state index contributed by atoms with van der Waals surface area (Å²) in [5.74, 6) is -4.11. The van der Waals surface area contributed by atoms with Crippen molar-refractivity contribution in [2.45, 2.75) is 89.4 Å². The van der Waals surface area contributed by atoms with Crippen molar-refractivity contribution in [3.8, 4) is 0 Å². The molecular formula is C26H31F5N6O2S. The monoisotopic (exact) mass is 586 g/mol. The molecule has 3 aromatic heterocycles. The fourth-order valence-corrected chi connectivity index (χ4v) is 5.62. The number of fused-ring (bicyclic) bond motifs is 1. The van der Waals surface area contributed by atoms with E-state index in [2.05, 4.69) is 25.7 Å². The minimum Gasteiger partial charge on any atom is -0.350 e. The highest BCUT2D eigenvalue weighted by Crippen LogP contribution is 2.41. The molecule has 0 aromatic carbocycles. The lowest BCUT2D eigenvalue weighted by Crippen LogP contribution is -2.37. The first-order valence-corrected chi connectivity index (χ1v) is 13.9. The van der Waals surface area contributed by atoms with Gasteiger partial charge < -0.3 is 10.6 Å². The molecule has 4 rings (SSSR count). The molecule has 3 aromatic rings. The van der Waals surface area contributed by atoms with E-state index in [-0.39, 0.29) is 37.5 Å². The molecule has 2 N–H and O–H groups in total. The summed E-state index contributed by atoms with van der Waals surface area (Å²) in [7, 11) is 0. The molecular weight excluding hydrogens is 555 g/mol. The van der Waals surface area contributed by atoms with Crippen LogP contribution in [0.15, 0.2) is 24.0 Å². The van der Waals surface area contributed by atoms with Crippen LogP contribution in [0.4, 0.5) is 22.0 Å². The number of alkyl halides is 5. The van der Waals surface area contributed by atoms with Gasteiger partial charge in [0.25, 0.3) is 5.91 Å². The first-order valence-electron chi connectivity index (χ1n) is 13.1. The van der Waals surface area contributed by atoms with Crippen LogP contribution >= 0.6 is 11.3 Å². The summed E-state index contributed by atoms with van der Waals surface area (Å²) < 4.78 is 66.7. The van der Waals surface area contributed by atoms with Crippen molar-refractivity contribution in [3.05, 3.63) is 45.8 Å². The lowest BCUT2D eigenvalue weighted by molar-refractivity contribution is -0.144. The minimum absolute atomic E-state index is 0.0776. The Labute approximate surface area is 231 Å². The zero-order valence-electron chi connectivity index (χ0n) is 22.3. The van der Waals surface area contributed by atoms with Crippen molar-refractivity contribution in [3.63, 3.8) is 0 Å². The van der Waals surface area contributed by atoms with Gasteiger partial charge in [0.05, 0.1) is 42.1 Å². The van der Waals surface area contributed by atoms with Crippen LogP contribution in [0.3, 0.4) is 0 Å². The number of carbonyl (C=O) groups excluding carboxylic acids is 2. The van der Waals surface area contributed by atoms with Gasteiger partial charge in [0.1, 0.15) is 5.69 Å². The lowest BCUT2D eigenvalue weighted by atomic mass is 9.81. The molecule has 14 heteroatoms. The number of thiazole rings is 1. The van der Waals surface area contributed by atoms with E-state index in [0.29, 0.717) is 22.6 Å². The van der Waals surface area contributed by atoms with Crippen LogP contribution in [0.1, 0.15) is 104 Å². The minimum atomic E-state index is -4.43. The molecule has 1 aliphatic carbocycles. The topological polar surface area (TPSA) is 101 Å². The number of amides is 2. The number of hydrogen-bond donors (Lipinski definition) is 2. The number of hydrogen-bond acceptors (Lipinski definition) is 6. The average Bonchev–Trinajstić information content (AvgIpc) is 3.53. The smallest absolute Gasteiger partial charge is 0.350 e. The van der Waals surface area contributed by atoms with Crippen molar-refractivity contribution in [1.82, 2.24) is 30.2 Å². The van der Waals surface area contributed by atoms with Crippen LogP contribution in [-0.4, -0.2) is 43.5 Å². The summed E-state index contributed by atoms with van der Waals surface area (Å²) in [6.07, 6.45) is -3.44. The summed E-state index contributed by atoms with van der Waals surface area (Å²) in [6, 6.07) is 0.333. The molecule has 218 valence electrons. The molecule has 0 spiro atoms. The summed E-state index contributed by atoms with van der Waals surface area (Å²) >= 11 is 1.37. The van der Waals surface area contributed by atoms with E-state index in [9.17, 15) is 31.5 Å². The van der Waals surface area contributed by atoms with Crippen LogP contribution in [0.2, 0.25) is 0 Å². The Kier molecular flexibility index (Phi) is 8.76. The van der Waals surface area contributed by atoms with Crippen molar-refractivity contribution in [2.24, 2.45) is 5.92 Å². The molecule has 40 heavy (non-hydrogen) atoms. The number of aromatic nitrogens is 4. The standard InChI is InChI=1S/C26H31F5N6O2S/c1-14(2)23-22(32-13-40-23)24(39)36-21(16-4-7-25(27,28)8-5-16)18-12-37-19(35-18)10-17(11-33-37)15(3)34-20(38)6-9-26(29,30)31/h10-16,21H,4-9H2,1-3H3,(H,34,38)(H,36,39)/t15-,21+/m1/s1. The van der Waals surface area contributed by atoms with Crippen LogP contribution in [0.5, 0.6) is 0 Å². The predicted octanol–water partition coefficient (Wildman–Crippen LogP) is 6.13. The third kappa shape index (κ3) is 7.32. The first kappa shape index (κ1) is 29.8. The lowest BCUT2D eigenvalue weighted by Gasteiger charge is -2.33. The summed E-state index contributed by atoms with van der Waals surface area (Å²) in [6.45, 7) is 5.53. The van der Waals surface area contributed by atoms with Gasteiger partial charge in [0, 0.05) is 24.1 Å². The Bertz CT molecular complexity index is 1340. The molecule has 3 heterocycles. The zero-order chi connectivity index (χ0) is 29.2. The number of rotatable bonds is 9.